The summed E-state index contributed by atoms with van der Waals surface area (Å²) in [7, 11) is -3.93. The monoisotopic (exact) mass is 597 g/mol. The highest BCUT2D eigenvalue weighted by molar-refractivity contribution is 7.92. The summed E-state index contributed by atoms with van der Waals surface area (Å²) in [5.41, 5.74) is 2.09. The number of carbonyl (C=O) groups is 3. The maximum Gasteiger partial charge on any atom is 0.244 e. The molecule has 41 heavy (non-hydrogen) atoms. The van der Waals surface area contributed by atoms with Gasteiger partial charge in [0.05, 0.1) is 11.9 Å². The van der Waals surface area contributed by atoms with E-state index >= 15 is 0 Å². The van der Waals surface area contributed by atoms with Crippen LogP contribution in [0.5, 0.6) is 0 Å². The van der Waals surface area contributed by atoms with Gasteiger partial charge in [-0.15, -0.1) is 0 Å². The molecule has 8 nitrogen and oxygen atoms in total. The van der Waals surface area contributed by atoms with Crippen LogP contribution < -0.4 is 9.62 Å². The molecule has 2 amide bonds. The maximum absolute atomic E-state index is 14.1. The van der Waals surface area contributed by atoms with Crippen molar-refractivity contribution in [1.29, 1.82) is 0 Å². The van der Waals surface area contributed by atoms with Crippen LogP contribution in [-0.2, 0) is 32.6 Å². The molecule has 0 unspecified atom stereocenters. The fraction of sp³-hybridized carbons (Fsp3) is 0.323. The van der Waals surface area contributed by atoms with Crippen LogP contribution in [-0.4, -0.2) is 56.3 Å². The summed E-state index contributed by atoms with van der Waals surface area (Å²) in [6.45, 7) is 3.36. The molecule has 3 rings (SSSR count). The molecule has 0 heterocycles. The van der Waals surface area contributed by atoms with Crippen molar-refractivity contribution in [2.45, 2.75) is 45.7 Å². The van der Waals surface area contributed by atoms with Crippen LogP contribution in [0.15, 0.2) is 78.9 Å². The molecular formula is C31H36ClN3O5S. The highest BCUT2D eigenvalue weighted by Crippen LogP contribution is 2.22. The number of halogens is 1. The first-order valence-corrected chi connectivity index (χ1v) is 15.7. The first kappa shape index (κ1) is 31.8. The van der Waals surface area contributed by atoms with E-state index in [9.17, 15) is 22.8 Å². The lowest BCUT2D eigenvalue weighted by Crippen LogP contribution is -2.53. The Morgan fingerprint density at radius 3 is 2.22 bits per heavy atom. The minimum Gasteiger partial charge on any atom is -0.354 e. The molecule has 1 N–H and O–H groups in total. The highest BCUT2D eigenvalue weighted by atomic mass is 35.5. The number of nitrogens with zero attached hydrogens (tertiary/aromatic N) is 2. The van der Waals surface area contributed by atoms with Gasteiger partial charge in [0.15, 0.2) is 5.78 Å². The van der Waals surface area contributed by atoms with E-state index in [0.717, 1.165) is 34.5 Å². The summed E-state index contributed by atoms with van der Waals surface area (Å²) < 4.78 is 26.8. The number of ketones is 1. The number of amides is 2. The molecule has 0 aliphatic carbocycles. The van der Waals surface area contributed by atoms with Gasteiger partial charge in [0.2, 0.25) is 21.8 Å². The summed E-state index contributed by atoms with van der Waals surface area (Å²) in [5.74, 6) is -1.12. The largest absolute Gasteiger partial charge is 0.354 e. The van der Waals surface area contributed by atoms with Gasteiger partial charge in [0.25, 0.3) is 0 Å². The van der Waals surface area contributed by atoms with Crippen LogP contribution in [0.4, 0.5) is 5.69 Å². The first-order valence-electron chi connectivity index (χ1n) is 13.4. The summed E-state index contributed by atoms with van der Waals surface area (Å²) >= 11 is 6.08. The quantitative estimate of drug-likeness (QED) is 0.211. The van der Waals surface area contributed by atoms with Crippen molar-refractivity contribution < 1.29 is 22.8 Å². The zero-order valence-corrected chi connectivity index (χ0v) is 25.1. The van der Waals surface area contributed by atoms with Gasteiger partial charge in [-0.3, -0.25) is 18.7 Å². The second-order valence-corrected chi connectivity index (χ2v) is 12.2. The molecule has 218 valence electrons. The number of rotatable bonds is 14. The zero-order chi connectivity index (χ0) is 30.0. The lowest BCUT2D eigenvalue weighted by molar-refractivity contribution is -0.140. The van der Waals surface area contributed by atoms with Crippen molar-refractivity contribution in [3.8, 4) is 0 Å². The second kappa shape index (κ2) is 14.8. The summed E-state index contributed by atoms with van der Waals surface area (Å²) in [5, 5.41) is 3.47. The van der Waals surface area contributed by atoms with Crippen molar-refractivity contribution in [3.63, 3.8) is 0 Å². The average Bonchev–Trinajstić information content (AvgIpc) is 2.94. The van der Waals surface area contributed by atoms with Crippen molar-refractivity contribution in [2.75, 3.05) is 23.7 Å². The molecule has 0 saturated carbocycles. The molecule has 0 fully saturated rings. The van der Waals surface area contributed by atoms with Gasteiger partial charge >= 0.3 is 0 Å². The van der Waals surface area contributed by atoms with Gasteiger partial charge in [0, 0.05) is 30.1 Å². The Morgan fingerprint density at radius 1 is 0.927 bits per heavy atom. The Bertz CT molecular complexity index is 1450. The number of benzene rings is 3. The minimum absolute atomic E-state index is 0.0553. The van der Waals surface area contributed by atoms with Gasteiger partial charge in [-0.2, -0.15) is 0 Å². The minimum atomic E-state index is -3.93. The van der Waals surface area contributed by atoms with Gasteiger partial charge in [-0.25, -0.2) is 8.42 Å². The van der Waals surface area contributed by atoms with Crippen LogP contribution in [0, 0.1) is 0 Å². The molecule has 3 aromatic carbocycles. The number of Topliss-reactive ketones (excluding diaryl/α,β-unsaturated/α-hetero) is 1. The van der Waals surface area contributed by atoms with Crippen LogP contribution in [0.2, 0.25) is 5.02 Å². The van der Waals surface area contributed by atoms with E-state index in [4.69, 9.17) is 11.6 Å². The van der Waals surface area contributed by atoms with Crippen molar-refractivity contribution in [1.82, 2.24) is 10.2 Å². The van der Waals surface area contributed by atoms with Crippen molar-refractivity contribution >= 4 is 44.9 Å². The number of anilines is 1. The van der Waals surface area contributed by atoms with E-state index in [1.54, 1.807) is 36.4 Å². The zero-order valence-electron chi connectivity index (χ0n) is 23.5. The smallest absolute Gasteiger partial charge is 0.244 e. The Morgan fingerprint density at radius 2 is 1.61 bits per heavy atom. The molecule has 3 aromatic rings. The summed E-state index contributed by atoms with van der Waals surface area (Å²) in [6, 6.07) is 21.5. The number of unbranched alkanes of at least 4 members (excludes halogenated alkanes) is 1. The molecule has 0 spiro atoms. The normalized spacial score (nSPS) is 11.9. The van der Waals surface area contributed by atoms with E-state index < -0.39 is 28.5 Å². The predicted octanol–water partition coefficient (Wildman–Crippen LogP) is 4.87. The van der Waals surface area contributed by atoms with Crippen LogP contribution in [0.25, 0.3) is 0 Å². The van der Waals surface area contributed by atoms with E-state index in [1.807, 2.05) is 37.3 Å². The number of nitrogens with one attached hydrogen (secondary N) is 1. The molecule has 1 atom stereocenters. The molecular weight excluding hydrogens is 562 g/mol. The second-order valence-electron chi connectivity index (χ2n) is 9.87. The molecule has 0 aliphatic rings. The lowest BCUT2D eigenvalue weighted by atomic mass is 10.0. The summed E-state index contributed by atoms with van der Waals surface area (Å²) in [4.78, 5) is 41.1. The Labute approximate surface area is 247 Å². The fourth-order valence-electron chi connectivity index (χ4n) is 4.34. The standard InChI is InChI=1S/C31H36ClN3O5S/c1-4-5-18-33-31(38)29(19-24-10-7-6-8-11-24)34(21-25-14-16-27(32)17-15-25)30(37)22-35(41(3,39)40)28-13-9-12-26(20-28)23(2)36/h6-17,20,29H,4-5,18-19,21-22H2,1-3H3,(H,33,38)/t29-/m1/s1. The highest BCUT2D eigenvalue weighted by Gasteiger charge is 2.33. The average molecular weight is 598 g/mol. The molecule has 0 aliphatic heterocycles. The number of carbonyl (C=O) groups excluding carboxylic acids is 3. The third-order valence-corrected chi connectivity index (χ3v) is 7.98. The molecule has 0 saturated heterocycles. The number of hydrogen-bond acceptors (Lipinski definition) is 5. The summed E-state index contributed by atoms with van der Waals surface area (Å²) in [6.07, 6.45) is 2.91. The maximum atomic E-state index is 14.1. The molecule has 0 radical (unpaired) electrons. The Kier molecular flexibility index (Phi) is 11.5. The van der Waals surface area contributed by atoms with Gasteiger partial charge in [-0.05, 0) is 48.7 Å². The van der Waals surface area contributed by atoms with Crippen LogP contribution in [0.3, 0.4) is 0 Å². The molecule has 10 heteroatoms. The van der Waals surface area contributed by atoms with Gasteiger partial charge < -0.3 is 10.2 Å². The van der Waals surface area contributed by atoms with E-state index in [-0.39, 0.29) is 30.3 Å². The predicted molar refractivity (Wildman–Crippen MR) is 162 cm³/mol. The first-order chi connectivity index (χ1) is 19.5. The molecule has 0 bridgehead atoms. The topological polar surface area (TPSA) is 104 Å². The van der Waals surface area contributed by atoms with Gasteiger partial charge in [0.1, 0.15) is 12.6 Å². The molecule has 0 aromatic heterocycles. The fourth-order valence-corrected chi connectivity index (χ4v) is 5.31. The van der Waals surface area contributed by atoms with Crippen molar-refractivity contribution in [2.24, 2.45) is 0 Å². The van der Waals surface area contributed by atoms with Crippen LogP contribution in [0.1, 0.15) is 48.2 Å². The van der Waals surface area contributed by atoms with Crippen LogP contribution >= 0.6 is 11.6 Å². The number of hydrogen-bond donors (Lipinski definition) is 1. The third-order valence-electron chi connectivity index (χ3n) is 6.59. The Hall–Kier alpha value is -3.69. The third kappa shape index (κ3) is 9.43. The van der Waals surface area contributed by atoms with E-state index in [2.05, 4.69) is 5.32 Å². The SMILES string of the molecule is CCCCNC(=O)[C@@H](Cc1ccccc1)N(Cc1ccc(Cl)cc1)C(=O)CN(c1cccc(C(C)=O)c1)S(C)(=O)=O. The van der Waals surface area contributed by atoms with E-state index in [0.29, 0.717) is 17.1 Å². The van der Waals surface area contributed by atoms with Gasteiger partial charge in [-0.1, -0.05) is 79.5 Å². The number of sulfonamides is 1. The van der Waals surface area contributed by atoms with E-state index in [1.165, 1.54) is 24.0 Å². The van der Waals surface area contributed by atoms with Crippen molar-refractivity contribution in [3.05, 3.63) is 101 Å². The lowest BCUT2D eigenvalue weighted by Gasteiger charge is -2.33. The Balaban J connectivity index is 2.04.